The third kappa shape index (κ3) is 11.5. The maximum Gasteiger partial charge on any atom is 0.252 e. The lowest BCUT2D eigenvalue weighted by Crippen LogP contribution is -2.61. The quantitative estimate of drug-likeness (QED) is 0.120. The van der Waals surface area contributed by atoms with Crippen molar-refractivity contribution in [3.05, 3.63) is 351 Å². The van der Waals surface area contributed by atoms with Crippen molar-refractivity contribution < 1.29 is 0 Å². The van der Waals surface area contributed by atoms with Crippen LogP contribution in [0.2, 0.25) is 0 Å². The van der Waals surface area contributed by atoms with Crippen LogP contribution in [0.15, 0.2) is 340 Å². The monoisotopic (exact) mass is 1470 g/mol. The molecule has 0 spiro atoms. The maximum atomic E-state index is 2.87. The lowest BCUT2D eigenvalue weighted by molar-refractivity contribution is 0.179. The molecular weight excluding hydrogens is 1380 g/mol. The molecule has 5 heterocycles. The van der Waals surface area contributed by atoms with Crippen molar-refractivity contribution in [2.24, 2.45) is 11.8 Å². The van der Waals surface area contributed by atoms with Gasteiger partial charge in [0, 0.05) is 90.0 Å². The maximum absolute atomic E-state index is 2.87. The summed E-state index contributed by atoms with van der Waals surface area (Å²) in [7, 11) is 0. The standard InChI is InChI=1S/C108H92BN5/c1-69-55-71-57-70(2)110(84(56-69)58-71)82-49-51-94-100(65-82)113(105-88(74-35-19-11-20-36-74)59-78(72-31-15-9-16-32-72)60-89(105)75-37-21-12-22-38-75)102-67-85(112-96-45-29-27-43-86(96)87-44-28-30-46-97(87)112)68-103-104(102)109(94)95-52-50-83(111-98-53-47-80(107(3,4)5)63-92(98)93-64-81(108(6,7)8)48-54-99(93)111)66-101(95)114(103)106-90(76-39-23-13-24-40-76)61-79(73-33-17-10-18-34-73)62-91(106)77-41-25-14-26-42-77/h9-54,59-71,84H,55-58H2,1-8H3. The molecule has 0 radical (unpaired) electrons. The Hall–Kier alpha value is -12.6. The van der Waals surface area contributed by atoms with E-state index >= 15 is 0 Å². The third-order valence-corrected chi connectivity index (χ3v) is 25.7. The zero-order chi connectivity index (χ0) is 76.8. The average Bonchev–Trinajstić information content (AvgIpc) is 0.741. The van der Waals surface area contributed by atoms with Crippen LogP contribution in [0.3, 0.4) is 0 Å². The molecule has 1 saturated heterocycles. The Labute approximate surface area is 670 Å². The molecule has 1 aliphatic carbocycles. The van der Waals surface area contributed by atoms with Crippen LogP contribution >= 0.6 is 0 Å². The fraction of sp³-hybridized carbons (Fsp3) is 0.167. The first-order valence-electron chi connectivity index (χ1n) is 41.2. The summed E-state index contributed by atoms with van der Waals surface area (Å²) in [5.74, 6) is 1.38. The molecule has 0 N–H and O–H groups in total. The lowest BCUT2D eigenvalue weighted by Gasteiger charge is -2.51. The number of aromatic nitrogens is 2. The minimum atomic E-state index is -0.268. The van der Waals surface area contributed by atoms with Gasteiger partial charge in [-0.2, -0.15) is 0 Å². The first-order valence-corrected chi connectivity index (χ1v) is 41.2. The van der Waals surface area contributed by atoms with Gasteiger partial charge in [0.2, 0.25) is 0 Å². The van der Waals surface area contributed by atoms with Gasteiger partial charge in [0.15, 0.2) is 0 Å². The van der Waals surface area contributed by atoms with Crippen molar-refractivity contribution >= 4 is 107 Å². The SMILES string of the molecule is CC1CC2CC(C)N(c3ccc4c(c3)N(c3c(-c5ccccc5)cc(-c5ccccc5)cc3-c3ccccc3)c3cc(-n5c6ccccc6c6ccccc65)cc5c3B4c3ccc(-n4c6ccc(C(C)(C)C)cc6c6cc(C(C)(C)C)ccc64)cc3N5c3c(-c4ccccc4)cc(-c4ccccc4)cc3-c3ccccc3)C(C1)C2. The van der Waals surface area contributed by atoms with Crippen LogP contribution in [0.1, 0.15) is 92.2 Å². The fourth-order valence-corrected chi connectivity index (χ4v) is 20.5. The second-order valence-corrected chi connectivity index (χ2v) is 35.0. The van der Waals surface area contributed by atoms with Crippen molar-refractivity contribution in [3.8, 4) is 78.1 Å². The van der Waals surface area contributed by atoms with Gasteiger partial charge < -0.3 is 23.8 Å². The number of nitrogens with zero attached hydrogens (tertiary/aromatic N) is 5. The topological polar surface area (TPSA) is 19.6 Å². The van der Waals surface area contributed by atoms with Crippen LogP contribution in [-0.4, -0.2) is 27.9 Å². The third-order valence-electron chi connectivity index (χ3n) is 25.7. The molecule has 2 bridgehead atoms. The molecule has 552 valence electrons. The minimum absolute atomic E-state index is 0.0715. The van der Waals surface area contributed by atoms with Gasteiger partial charge in [-0.15, -0.1) is 0 Å². The summed E-state index contributed by atoms with van der Waals surface area (Å²) in [4.78, 5) is 8.41. The van der Waals surface area contributed by atoms with Crippen molar-refractivity contribution in [1.29, 1.82) is 0 Å². The first kappa shape index (κ1) is 69.3. The second-order valence-electron chi connectivity index (χ2n) is 35.0. The van der Waals surface area contributed by atoms with Crippen molar-refractivity contribution in [2.75, 3.05) is 14.7 Å². The Balaban J connectivity index is 0.959. The van der Waals surface area contributed by atoms with Crippen LogP contribution in [0, 0.1) is 11.8 Å². The number of para-hydroxylation sites is 2. The minimum Gasteiger partial charge on any atom is -0.366 e. The number of benzene rings is 15. The largest absolute Gasteiger partial charge is 0.366 e. The Morgan fingerprint density at radius 3 is 1.07 bits per heavy atom. The van der Waals surface area contributed by atoms with Crippen molar-refractivity contribution in [2.45, 2.75) is 104 Å². The van der Waals surface area contributed by atoms with Crippen LogP contribution in [-0.2, 0) is 10.8 Å². The average molecular weight is 1470 g/mol. The van der Waals surface area contributed by atoms with Gasteiger partial charge in [0.25, 0.3) is 6.71 Å². The molecule has 6 heteroatoms. The van der Waals surface area contributed by atoms with E-state index in [4.69, 9.17) is 0 Å². The van der Waals surface area contributed by atoms with E-state index < -0.39 is 0 Å². The lowest BCUT2D eigenvalue weighted by atomic mass is 9.33. The molecular formula is C108H92BN5. The summed E-state index contributed by atoms with van der Waals surface area (Å²) < 4.78 is 5.17. The Kier molecular flexibility index (Phi) is 16.5. The number of piperidine rings is 1. The smallest absolute Gasteiger partial charge is 0.252 e. The van der Waals surface area contributed by atoms with E-state index in [1.54, 1.807) is 0 Å². The van der Waals surface area contributed by atoms with E-state index in [9.17, 15) is 0 Å². The Bertz CT molecular complexity index is 6380. The van der Waals surface area contributed by atoms with E-state index in [-0.39, 0.29) is 17.5 Å². The van der Waals surface area contributed by atoms with Crippen LogP contribution in [0.4, 0.5) is 39.8 Å². The highest BCUT2D eigenvalue weighted by Gasteiger charge is 2.47. The summed E-state index contributed by atoms with van der Waals surface area (Å²) in [5.41, 5.74) is 34.9. The highest BCUT2D eigenvalue weighted by molar-refractivity contribution is 7.00. The van der Waals surface area contributed by atoms with E-state index in [0.717, 1.165) is 118 Å². The first-order chi connectivity index (χ1) is 55.6. The number of anilines is 7. The number of hydrogen-bond acceptors (Lipinski definition) is 3. The van der Waals surface area contributed by atoms with Gasteiger partial charge in [-0.3, -0.25) is 0 Å². The predicted octanol–water partition coefficient (Wildman–Crippen LogP) is 27.0. The number of hydrogen-bond donors (Lipinski definition) is 0. The summed E-state index contributed by atoms with van der Waals surface area (Å²) in [6, 6.07) is 131. The summed E-state index contributed by atoms with van der Waals surface area (Å²) in [6.45, 7) is 18.8. The molecule has 21 rings (SSSR count). The molecule has 4 atom stereocenters. The Morgan fingerprint density at radius 1 is 0.289 bits per heavy atom. The molecule has 5 nitrogen and oxygen atoms in total. The zero-order valence-corrected chi connectivity index (χ0v) is 66.3. The van der Waals surface area contributed by atoms with Gasteiger partial charge in [-0.25, -0.2) is 0 Å². The second kappa shape index (κ2) is 27.1. The number of rotatable bonds is 11. The summed E-state index contributed by atoms with van der Waals surface area (Å²) in [6.07, 6.45) is 4.91. The van der Waals surface area contributed by atoms with Crippen LogP contribution in [0.5, 0.6) is 0 Å². The van der Waals surface area contributed by atoms with E-state index in [2.05, 4.69) is 419 Å². The van der Waals surface area contributed by atoms with Gasteiger partial charge in [0.05, 0.1) is 39.1 Å². The molecule has 0 amide bonds. The molecule has 17 aromatic rings. The van der Waals surface area contributed by atoms with Crippen LogP contribution in [0.25, 0.3) is 122 Å². The predicted molar refractivity (Wildman–Crippen MR) is 486 cm³/mol. The van der Waals surface area contributed by atoms with Crippen molar-refractivity contribution in [3.63, 3.8) is 0 Å². The van der Waals surface area contributed by atoms with Gasteiger partial charge in [-0.05, 0) is 224 Å². The molecule has 3 aliphatic heterocycles. The molecule has 2 aromatic heterocycles. The van der Waals surface area contributed by atoms with Gasteiger partial charge in [0.1, 0.15) is 0 Å². The molecule has 114 heavy (non-hydrogen) atoms. The molecule has 1 saturated carbocycles. The molecule has 15 aromatic carbocycles. The molecule has 2 fully saturated rings. The fourth-order valence-electron chi connectivity index (χ4n) is 20.5. The highest BCUT2D eigenvalue weighted by Crippen LogP contribution is 2.57. The number of fused-ring (bicyclic) bond motifs is 12. The van der Waals surface area contributed by atoms with Crippen LogP contribution < -0.4 is 31.1 Å². The van der Waals surface area contributed by atoms with Crippen molar-refractivity contribution in [1.82, 2.24) is 9.13 Å². The Morgan fingerprint density at radius 2 is 0.649 bits per heavy atom. The normalized spacial score (nSPS) is 16.6. The summed E-state index contributed by atoms with van der Waals surface area (Å²) in [5, 5.41) is 4.95. The summed E-state index contributed by atoms with van der Waals surface area (Å²) >= 11 is 0. The van der Waals surface area contributed by atoms with Gasteiger partial charge in [-0.1, -0.05) is 291 Å². The molecule has 4 aliphatic rings. The van der Waals surface area contributed by atoms with E-state index in [0.29, 0.717) is 18.0 Å². The van der Waals surface area contributed by atoms with E-state index in [1.807, 2.05) is 0 Å². The van der Waals surface area contributed by atoms with Gasteiger partial charge >= 0.3 is 0 Å². The highest BCUT2D eigenvalue weighted by atomic mass is 15.2. The molecule has 4 unspecified atom stereocenters. The zero-order valence-electron chi connectivity index (χ0n) is 66.3. The van der Waals surface area contributed by atoms with E-state index in [1.165, 1.54) is 103 Å².